The van der Waals surface area contributed by atoms with Crippen LogP contribution in [0.3, 0.4) is 0 Å². The topological polar surface area (TPSA) is 56.5 Å². The van der Waals surface area contributed by atoms with E-state index in [-0.39, 0.29) is 4.94 Å². The van der Waals surface area contributed by atoms with Gasteiger partial charge < -0.3 is 9.15 Å². The summed E-state index contributed by atoms with van der Waals surface area (Å²) in [6, 6.07) is 12.4. The Kier molecular flexibility index (Phi) is 4.30. The van der Waals surface area contributed by atoms with Gasteiger partial charge >= 0.3 is 10.9 Å². The molecule has 0 radical (unpaired) electrons. The quantitative estimate of drug-likeness (QED) is 0.519. The highest BCUT2D eigenvalue weighted by atomic mass is 32.1. The van der Waals surface area contributed by atoms with Crippen molar-refractivity contribution in [3.05, 3.63) is 63.3 Å². The Morgan fingerprint density at radius 3 is 2.87 bits per heavy atom. The summed E-state index contributed by atoms with van der Waals surface area (Å²) in [5.74, 6) is 0.376. The first-order valence-corrected chi connectivity index (χ1v) is 8.24. The highest BCUT2D eigenvalue weighted by Crippen LogP contribution is 2.24. The van der Waals surface area contributed by atoms with E-state index >= 15 is 0 Å². The zero-order valence-electron chi connectivity index (χ0n) is 12.9. The van der Waals surface area contributed by atoms with Crippen molar-refractivity contribution in [2.75, 3.05) is 0 Å². The molecule has 23 heavy (non-hydrogen) atoms. The fourth-order valence-corrected chi connectivity index (χ4v) is 2.99. The number of hydrogen-bond donors (Lipinski definition) is 0. The van der Waals surface area contributed by atoms with Crippen molar-refractivity contribution >= 4 is 27.6 Å². The smallest absolute Gasteiger partial charge is 0.396 e. The average molecular weight is 328 g/mol. The molecule has 1 unspecified atom stereocenters. The van der Waals surface area contributed by atoms with Gasteiger partial charge in [0.25, 0.3) is 0 Å². The van der Waals surface area contributed by atoms with E-state index in [9.17, 15) is 9.59 Å². The molecule has 0 aliphatic rings. The number of benzene rings is 2. The van der Waals surface area contributed by atoms with Gasteiger partial charge in [0.05, 0.1) is 10.3 Å². The van der Waals surface area contributed by atoms with Crippen LogP contribution in [0.25, 0.3) is 10.3 Å². The first-order chi connectivity index (χ1) is 11.1. The summed E-state index contributed by atoms with van der Waals surface area (Å²) in [4.78, 5) is 23.2. The summed E-state index contributed by atoms with van der Waals surface area (Å²) in [5, 5.41) is 0. The van der Waals surface area contributed by atoms with Gasteiger partial charge in [0.15, 0.2) is 0 Å². The summed E-state index contributed by atoms with van der Waals surface area (Å²) >= 11 is 0.985. The number of rotatable bonds is 4. The lowest BCUT2D eigenvalue weighted by molar-refractivity contribution is 0.0735. The van der Waals surface area contributed by atoms with Crippen molar-refractivity contribution < 1.29 is 13.9 Å². The second-order valence-corrected chi connectivity index (χ2v) is 6.36. The van der Waals surface area contributed by atoms with Gasteiger partial charge in [-0.3, -0.25) is 0 Å². The van der Waals surface area contributed by atoms with Gasteiger partial charge in [-0.15, -0.1) is 0 Å². The lowest BCUT2D eigenvalue weighted by atomic mass is 9.97. The minimum absolute atomic E-state index is 0.371. The molecule has 1 atom stereocenters. The standard InChI is InChI=1S/C18H16O4S/c1-3-11(2)12-5-4-6-13(9-12)17(19)21-14-7-8-15-16(10-14)23-18(20)22-15/h4-11H,3H2,1-2H3. The van der Waals surface area contributed by atoms with Crippen molar-refractivity contribution in [2.45, 2.75) is 26.2 Å². The van der Waals surface area contributed by atoms with Gasteiger partial charge in [0, 0.05) is 6.07 Å². The molecule has 1 aromatic heterocycles. The number of esters is 1. The Bertz CT molecular complexity index is 907. The minimum Gasteiger partial charge on any atom is -0.423 e. The zero-order chi connectivity index (χ0) is 16.4. The van der Waals surface area contributed by atoms with Crippen molar-refractivity contribution in [3.8, 4) is 5.75 Å². The van der Waals surface area contributed by atoms with E-state index in [2.05, 4.69) is 13.8 Å². The van der Waals surface area contributed by atoms with E-state index in [4.69, 9.17) is 9.15 Å². The maximum Gasteiger partial charge on any atom is 0.396 e. The molecule has 0 aliphatic heterocycles. The highest BCUT2D eigenvalue weighted by molar-refractivity contribution is 7.16. The predicted molar refractivity (Wildman–Crippen MR) is 90.5 cm³/mol. The lowest BCUT2D eigenvalue weighted by Crippen LogP contribution is -2.09. The Labute approximate surface area is 137 Å². The van der Waals surface area contributed by atoms with Gasteiger partial charge in [-0.05, 0) is 42.2 Å². The van der Waals surface area contributed by atoms with Gasteiger partial charge in [-0.25, -0.2) is 9.59 Å². The third-order valence-corrected chi connectivity index (χ3v) is 4.60. The lowest BCUT2D eigenvalue weighted by Gasteiger charge is -2.10. The molecule has 0 saturated carbocycles. The van der Waals surface area contributed by atoms with Crippen LogP contribution in [0.2, 0.25) is 0 Å². The van der Waals surface area contributed by atoms with E-state index in [1.165, 1.54) is 0 Å². The second-order valence-electron chi connectivity index (χ2n) is 5.39. The molecule has 0 N–H and O–H groups in total. The van der Waals surface area contributed by atoms with E-state index in [0.717, 1.165) is 23.3 Å². The van der Waals surface area contributed by atoms with Crippen LogP contribution >= 0.6 is 11.3 Å². The maximum absolute atomic E-state index is 12.3. The van der Waals surface area contributed by atoms with Crippen LogP contribution in [0.15, 0.2) is 51.7 Å². The number of carbonyl (C=O) groups is 1. The molecular weight excluding hydrogens is 312 g/mol. The van der Waals surface area contributed by atoms with E-state index in [1.54, 1.807) is 24.3 Å². The fourth-order valence-electron chi connectivity index (χ4n) is 2.29. The van der Waals surface area contributed by atoms with Crippen LogP contribution in [-0.2, 0) is 0 Å². The van der Waals surface area contributed by atoms with Crippen molar-refractivity contribution in [1.29, 1.82) is 0 Å². The molecule has 2 aromatic carbocycles. The van der Waals surface area contributed by atoms with Gasteiger partial charge in [-0.1, -0.05) is 37.3 Å². The molecular formula is C18H16O4S. The number of ether oxygens (including phenoxy) is 1. The normalized spacial score (nSPS) is 12.3. The van der Waals surface area contributed by atoms with Crippen molar-refractivity contribution in [2.24, 2.45) is 0 Å². The summed E-state index contributed by atoms with van der Waals surface area (Å²) < 4.78 is 11.1. The Morgan fingerprint density at radius 2 is 2.09 bits per heavy atom. The van der Waals surface area contributed by atoms with Gasteiger partial charge in [0.2, 0.25) is 0 Å². The second kappa shape index (κ2) is 6.38. The number of fused-ring (bicyclic) bond motifs is 1. The molecule has 3 rings (SSSR count). The molecule has 0 aliphatic carbocycles. The number of hydrogen-bond acceptors (Lipinski definition) is 5. The maximum atomic E-state index is 12.3. The first kappa shape index (κ1) is 15.5. The van der Waals surface area contributed by atoms with Crippen LogP contribution in [-0.4, -0.2) is 5.97 Å². The minimum atomic E-state index is -0.412. The Balaban J connectivity index is 1.83. The third kappa shape index (κ3) is 3.35. The molecule has 3 aromatic rings. The van der Waals surface area contributed by atoms with E-state index in [0.29, 0.717) is 27.5 Å². The summed E-state index contributed by atoms with van der Waals surface area (Å²) in [7, 11) is 0. The van der Waals surface area contributed by atoms with Crippen LogP contribution in [0.1, 0.15) is 42.1 Å². The highest BCUT2D eigenvalue weighted by Gasteiger charge is 2.12. The van der Waals surface area contributed by atoms with Crippen LogP contribution in [0.5, 0.6) is 5.75 Å². The zero-order valence-corrected chi connectivity index (χ0v) is 13.7. The first-order valence-electron chi connectivity index (χ1n) is 7.42. The monoisotopic (exact) mass is 328 g/mol. The fraction of sp³-hybridized carbons (Fsp3) is 0.222. The molecule has 0 amide bonds. The molecule has 4 nitrogen and oxygen atoms in total. The molecule has 1 heterocycles. The number of carbonyl (C=O) groups excluding carboxylic acids is 1. The van der Waals surface area contributed by atoms with E-state index in [1.807, 2.05) is 18.2 Å². The third-order valence-electron chi connectivity index (χ3n) is 3.82. The summed E-state index contributed by atoms with van der Waals surface area (Å²) in [6.45, 7) is 4.24. The molecule has 0 saturated heterocycles. The SMILES string of the molecule is CCC(C)c1cccc(C(=O)Oc2ccc3oc(=O)sc3c2)c1. The molecule has 0 spiro atoms. The average Bonchev–Trinajstić information content (AvgIpc) is 2.93. The summed E-state index contributed by atoms with van der Waals surface area (Å²) in [5.41, 5.74) is 2.13. The Hall–Kier alpha value is -2.40. The van der Waals surface area contributed by atoms with Gasteiger partial charge in [-0.2, -0.15) is 0 Å². The van der Waals surface area contributed by atoms with Gasteiger partial charge in [0.1, 0.15) is 11.3 Å². The predicted octanol–water partition coefficient (Wildman–Crippen LogP) is 4.59. The molecule has 0 bridgehead atoms. The van der Waals surface area contributed by atoms with Crippen LogP contribution in [0.4, 0.5) is 0 Å². The molecule has 118 valence electrons. The van der Waals surface area contributed by atoms with Crippen molar-refractivity contribution in [1.82, 2.24) is 0 Å². The molecule has 5 heteroatoms. The Morgan fingerprint density at radius 1 is 1.26 bits per heavy atom. The van der Waals surface area contributed by atoms with Crippen molar-refractivity contribution in [3.63, 3.8) is 0 Å². The van der Waals surface area contributed by atoms with Crippen LogP contribution in [0, 0.1) is 0 Å². The van der Waals surface area contributed by atoms with Crippen LogP contribution < -0.4 is 9.68 Å². The molecule has 0 fully saturated rings. The largest absolute Gasteiger partial charge is 0.423 e. The summed E-state index contributed by atoms with van der Waals surface area (Å²) in [6.07, 6.45) is 1.01. The van der Waals surface area contributed by atoms with E-state index < -0.39 is 5.97 Å².